The number of hydrogen-bond acceptors (Lipinski definition) is 2. The average molecular weight is 326 g/mol. The van der Waals surface area contributed by atoms with E-state index in [2.05, 4.69) is 53.3 Å². The molecule has 2 rings (SSSR count). The Balaban J connectivity index is 1.88. The fourth-order valence-electron chi connectivity index (χ4n) is 2.06. The van der Waals surface area contributed by atoms with Gasteiger partial charge in [-0.3, -0.25) is 0 Å². The monoisotopic (exact) mass is 325 g/mol. The van der Waals surface area contributed by atoms with Crippen LogP contribution < -0.4 is 10.1 Å². The van der Waals surface area contributed by atoms with Gasteiger partial charge < -0.3 is 10.1 Å². The maximum absolute atomic E-state index is 5.98. The van der Waals surface area contributed by atoms with E-state index in [1.807, 2.05) is 0 Å². The van der Waals surface area contributed by atoms with Crippen LogP contribution in [0.3, 0.4) is 0 Å². The van der Waals surface area contributed by atoms with Gasteiger partial charge in [0, 0.05) is 18.2 Å². The molecule has 0 atom stereocenters. The van der Waals surface area contributed by atoms with E-state index in [0.717, 1.165) is 41.8 Å². The molecule has 1 fully saturated rings. The molecule has 1 aromatic carbocycles. The van der Waals surface area contributed by atoms with Crippen LogP contribution in [0.25, 0.3) is 0 Å². The molecule has 19 heavy (non-hydrogen) atoms. The largest absolute Gasteiger partial charge is 0.492 e. The minimum Gasteiger partial charge on any atom is -0.492 e. The molecule has 1 aliphatic carbocycles. The number of halogens is 1. The Morgan fingerprint density at radius 3 is 2.84 bits per heavy atom. The maximum Gasteiger partial charge on any atom is 0.137 e. The zero-order chi connectivity index (χ0) is 13.7. The number of rotatable bonds is 8. The third-order valence-corrected chi connectivity index (χ3v) is 4.00. The molecule has 1 aromatic rings. The smallest absolute Gasteiger partial charge is 0.137 e. The summed E-state index contributed by atoms with van der Waals surface area (Å²) in [5.74, 6) is 1.76. The fraction of sp³-hybridized carbons (Fsp3) is 0.625. The van der Waals surface area contributed by atoms with Crippen LogP contribution in [-0.2, 0) is 6.54 Å². The first kappa shape index (κ1) is 14.9. The molecule has 0 spiro atoms. The summed E-state index contributed by atoms with van der Waals surface area (Å²) in [5, 5.41) is 3.55. The van der Waals surface area contributed by atoms with E-state index in [4.69, 9.17) is 4.74 Å². The molecular formula is C16H24BrNO. The lowest BCUT2D eigenvalue weighted by molar-refractivity contribution is 0.292. The Kier molecular flexibility index (Phi) is 5.71. The molecule has 0 saturated heterocycles. The molecule has 0 heterocycles. The van der Waals surface area contributed by atoms with Crippen molar-refractivity contribution in [3.63, 3.8) is 0 Å². The second-order valence-electron chi connectivity index (χ2n) is 5.77. The summed E-state index contributed by atoms with van der Waals surface area (Å²) >= 11 is 3.60. The Hall–Kier alpha value is -0.540. The van der Waals surface area contributed by atoms with Crippen molar-refractivity contribution in [2.75, 3.05) is 6.61 Å². The average Bonchev–Trinajstić information content (AvgIpc) is 3.17. The van der Waals surface area contributed by atoms with Crippen LogP contribution in [0, 0.1) is 5.92 Å². The van der Waals surface area contributed by atoms with Gasteiger partial charge >= 0.3 is 0 Å². The van der Waals surface area contributed by atoms with Crippen molar-refractivity contribution in [1.29, 1.82) is 0 Å². The Labute approximate surface area is 125 Å². The van der Waals surface area contributed by atoms with Crippen LogP contribution in [0.5, 0.6) is 5.75 Å². The van der Waals surface area contributed by atoms with Crippen molar-refractivity contribution < 1.29 is 4.74 Å². The van der Waals surface area contributed by atoms with Crippen molar-refractivity contribution in [2.45, 2.75) is 52.1 Å². The van der Waals surface area contributed by atoms with Gasteiger partial charge in [0.05, 0.1) is 11.1 Å². The molecule has 1 saturated carbocycles. The van der Waals surface area contributed by atoms with E-state index < -0.39 is 0 Å². The van der Waals surface area contributed by atoms with E-state index in [0.29, 0.717) is 0 Å². The van der Waals surface area contributed by atoms with Gasteiger partial charge in [0.2, 0.25) is 0 Å². The van der Waals surface area contributed by atoms with E-state index in [-0.39, 0.29) is 0 Å². The number of nitrogens with one attached hydrogen (secondary N) is 1. The van der Waals surface area contributed by atoms with Gasteiger partial charge in [-0.05, 0) is 53.6 Å². The van der Waals surface area contributed by atoms with Crippen LogP contribution in [0.4, 0.5) is 0 Å². The van der Waals surface area contributed by atoms with Gasteiger partial charge in [-0.15, -0.1) is 0 Å². The zero-order valence-corrected chi connectivity index (χ0v) is 13.5. The lowest BCUT2D eigenvalue weighted by Gasteiger charge is -2.14. The van der Waals surface area contributed by atoms with Crippen LogP contribution >= 0.6 is 15.9 Å². The number of para-hydroxylation sites is 1. The van der Waals surface area contributed by atoms with E-state index >= 15 is 0 Å². The summed E-state index contributed by atoms with van der Waals surface area (Å²) in [6.07, 6.45) is 4.98. The van der Waals surface area contributed by atoms with Crippen LogP contribution in [-0.4, -0.2) is 12.6 Å². The number of hydrogen-bond donors (Lipinski definition) is 1. The lowest BCUT2D eigenvalue weighted by Crippen LogP contribution is -2.16. The van der Waals surface area contributed by atoms with E-state index in [9.17, 15) is 0 Å². The first-order valence-corrected chi connectivity index (χ1v) is 8.09. The third-order valence-electron chi connectivity index (χ3n) is 3.38. The Morgan fingerprint density at radius 1 is 1.37 bits per heavy atom. The molecule has 0 amide bonds. The number of ether oxygens (including phenoxy) is 1. The standard InChI is InChI=1S/C16H24BrNO/c1-12(2)5-4-10-19-16-13(6-3-7-15(16)17)11-18-14-8-9-14/h3,6-7,12,14,18H,4-5,8-11H2,1-2H3. The fourth-order valence-corrected chi connectivity index (χ4v) is 2.58. The normalized spacial score (nSPS) is 14.9. The summed E-state index contributed by atoms with van der Waals surface area (Å²) in [6, 6.07) is 7.01. The van der Waals surface area contributed by atoms with Gasteiger partial charge in [0.15, 0.2) is 0 Å². The van der Waals surface area contributed by atoms with Crippen LogP contribution in [0.1, 0.15) is 45.1 Å². The second kappa shape index (κ2) is 7.30. The highest BCUT2D eigenvalue weighted by atomic mass is 79.9. The highest BCUT2D eigenvalue weighted by Gasteiger charge is 2.20. The molecule has 0 bridgehead atoms. The maximum atomic E-state index is 5.98. The molecule has 1 N–H and O–H groups in total. The van der Waals surface area contributed by atoms with E-state index in [1.165, 1.54) is 24.8 Å². The summed E-state index contributed by atoms with van der Waals surface area (Å²) in [7, 11) is 0. The van der Waals surface area contributed by atoms with Crippen LogP contribution in [0.2, 0.25) is 0 Å². The van der Waals surface area contributed by atoms with Crippen LogP contribution in [0.15, 0.2) is 22.7 Å². The van der Waals surface area contributed by atoms with Gasteiger partial charge in [-0.25, -0.2) is 0 Å². The predicted molar refractivity (Wildman–Crippen MR) is 83.6 cm³/mol. The van der Waals surface area contributed by atoms with Gasteiger partial charge in [-0.2, -0.15) is 0 Å². The summed E-state index contributed by atoms with van der Waals surface area (Å²) in [6.45, 7) is 6.22. The lowest BCUT2D eigenvalue weighted by atomic mass is 10.1. The molecule has 0 unspecified atom stereocenters. The van der Waals surface area contributed by atoms with Gasteiger partial charge in [0.1, 0.15) is 5.75 Å². The minimum absolute atomic E-state index is 0.729. The summed E-state index contributed by atoms with van der Waals surface area (Å²) in [5.41, 5.74) is 1.26. The first-order chi connectivity index (χ1) is 9.16. The van der Waals surface area contributed by atoms with Crippen molar-refractivity contribution in [1.82, 2.24) is 5.32 Å². The first-order valence-electron chi connectivity index (χ1n) is 7.30. The van der Waals surface area contributed by atoms with Crippen molar-refractivity contribution in [3.05, 3.63) is 28.2 Å². The highest BCUT2D eigenvalue weighted by Crippen LogP contribution is 2.30. The molecular weight excluding hydrogens is 302 g/mol. The quantitative estimate of drug-likeness (QED) is 0.710. The van der Waals surface area contributed by atoms with Gasteiger partial charge in [-0.1, -0.05) is 26.0 Å². The minimum atomic E-state index is 0.729. The van der Waals surface area contributed by atoms with Gasteiger partial charge in [0.25, 0.3) is 0 Å². The van der Waals surface area contributed by atoms with Crippen molar-refractivity contribution in [3.8, 4) is 5.75 Å². The molecule has 0 aromatic heterocycles. The molecule has 0 radical (unpaired) electrons. The summed E-state index contributed by atoms with van der Waals surface area (Å²) in [4.78, 5) is 0. The zero-order valence-electron chi connectivity index (χ0n) is 11.9. The molecule has 106 valence electrons. The Bertz CT molecular complexity index is 402. The molecule has 2 nitrogen and oxygen atoms in total. The van der Waals surface area contributed by atoms with Crippen molar-refractivity contribution >= 4 is 15.9 Å². The second-order valence-corrected chi connectivity index (χ2v) is 6.62. The third kappa shape index (κ3) is 5.15. The molecule has 3 heteroatoms. The number of benzene rings is 1. The SMILES string of the molecule is CC(C)CCCOc1c(Br)cccc1CNC1CC1. The highest BCUT2D eigenvalue weighted by molar-refractivity contribution is 9.10. The molecule has 1 aliphatic rings. The topological polar surface area (TPSA) is 21.3 Å². The summed E-state index contributed by atoms with van der Waals surface area (Å²) < 4.78 is 7.05. The predicted octanol–water partition coefficient (Wildman–Crippen LogP) is 4.52. The van der Waals surface area contributed by atoms with Crippen molar-refractivity contribution in [2.24, 2.45) is 5.92 Å². The Morgan fingerprint density at radius 2 is 2.16 bits per heavy atom. The van der Waals surface area contributed by atoms with E-state index in [1.54, 1.807) is 0 Å². The molecule has 0 aliphatic heterocycles.